The molecular weight excluding hydrogens is 328 g/mol. The Bertz CT molecular complexity index is 705. The van der Waals surface area contributed by atoms with Crippen molar-refractivity contribution in [3.05, 3.63) is 23.5 Å². The maximum atomic E-state index is 12.9. The molecule has 26 heavy (non-hydrogen) atoms. The number of H-pyrrole nitrogens is 1. The summed E-state index contributed by atoms with van der Waals surface area (Å²) in [7, 11) is 0. The number of nitrogens with zero attached hydrogens (tertiary/aromatic N) is 2. The van der Waals surface area contributed by atoms with Crippen LogP contribution in [-0.4, -0.2) is 40.3 Å². The summed E-state index contributed by atoms with van der Waals surface area (Å²) in [6.45, 7) is 4.86. The van der Waals surface area contributed by atoms with Gasteiger partial charge in [-0.05, 0) is 37.8 Å². The maximum absolute atomic E-state index is 12.9. The molecule has 2 fully saturated rings. The minimum Gasteiger partial charge on any atom is -0.351 e. The molecule has 140 valence electrons. The molecule has 2 heterocycles. The Morgan fingerprint density at radius 1 is 1.38 bits per heavy atom. The molecular formula is C20H28N4O2. The highest BCUT2D eigenvalue weighted by Crippen LogP contribution is 2.43. The van der Waals surface area contributed by atoms with Crippen molar-refractivity contribution in [1.82, 2.24) is 15.2 Å². The zero-order chi connectivity index (χ0) is 18.7. The summed E-state index contributed by atoms with van der Waals surface area (Å²) in [4.78, 5) is 30.3. The van der Waals surface area contributed by atoms with Crippen molar-refractivity contribution < 1.29 is 9.59 Å². The number of amides is 2. The number of carbonyl (C=O) groups is 2. The second-order valence-corrected chi connectivity index (χ2v) is 7.47. The average Bonchev–Trinajstić information content (AvgIpc) is 3.15. The van der Waals surface area contributed by atoms with Gasteiger partial charge in [0.1, 0.15) is 17.5 Å². The highest BCUT2D eigenvalue weighted by molar-refractivity contribution is 5.93. The molecule has 2 N–H and O–H groups in total. The van der Waals surface area contributed by atoms with Gasteiger partial charge in [-0.2, -0.15) is 5.26 Å². The number of likely N-dealkylation sites (tertiary alicyclic amines) is 1. The fraction of sp³-hybridized carbons (Fsp3) is 0.650. The molecule has 1 saturated carbocycles. The predicted molar refractivity (Wildman–Crippen MR) is 98.3 cm³/mol. The first-order valence-corrected chi connectivity index (χ1v) is 9.81. The number of rotatable bonds is 6. The van der Waals surface area contributed by atoms with Crippen LogP contribution in [0.4, 0.5) is 0 Å². The normalized spacial score (nSPS) is 25.6. The number of nitriles is 1. The van der Waals surface area contributed by atoms with Crippen LogP contribution < -0.4 is 5.32 Å². The molecule has 1 aromatic heterocycles. The second kappa shape index (κ2) is 7.94. The van der Waals surface area contributed by atoms with Gasteiger partial charge in [0.15, 0.2) is 0 Å². The molecule has 0 bridgehead atoms. The Kier molecular flexibility index (Phi) is 5.65. The molecule has 1 aliphatic carbocycles. The van der Waals surface area contributed by atoms with Crippen molar-refractivity contribution >= 4 is 11.8 Å². The van der Waals surface area contributed by atoms with Crippen molar-refractivity contribution in [2.75, 3.05) is 6.54 Å². The fourth-order valence-electron chi connectivity index (χ4n) is 4.26. The van der Waals surface area contributed by atoms with E-state index >= 15 is 0 Å². The lowest BCUT2D eigenvalue weighted by molar-refractivity contribution is -0.125. The van der Waals surface area contributed by atoms with Gasteiger partial charge < -0.3 is 15.2 Å². The number of nitrogens with one attached hydrogen (secondary N) is 2. The molecule has 2 amide bonds. The van der Waals surface area contributed by atoms with Crippen molar-refractivity contribution in [2.45, 2.75) is 64.5 Å². The zero-order valence-corrected chi connectivity index (χ0v) is 15.6. The lowest BCUT2D eigenvalue weighted by Gasteiger charge is -2.22. The Balaban J connectivity index is 1.69. The maximum Gasteiger partial charge on any atom is 0.270 e. The van der Waals surface area contributed by atoms with Crippen molar-refractivity contribution in [3.8, 4) is 6.07 Å². The Morgan fingerprint density at radius 2 is 2.19 bits per heavy atom. The standard InChI is InChI=1S/C20H28N4O2/c1-3-7-13(4-2)19(25)23-17-15-8-5-6-11-24(18(15)17)20(26)16-10-9-14(12-21)22-16/h9-10,13,15,17-18,22H,3-8,11H2,1-2H3,(H,23,25). The first kappa shape index (κ1) is 18.5. The summed E-state index contributed by atoms with van der Waals surface area (Å²) in [5.74, 6) is 0.484. The summed E-state index contributed by atoms with van der Waals surface area (Å²) < 4.78 is 0. The van der Waals surface area contributed by atoms with Gasteiger partial charge in [0.25, 0.3) is 5.91 Å². The van der Waals surface area contributed by atoms with Gasteiger partial charge in [-0.25, -0.2) is 0 Å². The van der Waals surface area contributed by atoms with Gasteiger partial charge in [0.05, 0.1) is 12.1 Å². The summed E-state index contributed by atoms with van der Waals surface area (Å²) in [6.07, 6.45) is 5.88. The molecule has 2 aliphatic rings. The van der Waals surface area contributed by atoms with Crippen molar-refractivity contribution in [1.29, 1.82) is 5.26 Å². The van der Waals surface area contributed by atoms with Gasteiger partial charge in [0.2, 0.25) is 5.91 Å². The molecule has 4 atom stereocenters. The molecule has 0 aromatic carbocycles. The minimum atomic E-state index is -0.0688. The SMILES string of the molecule is CCCC(CC)C(=O)NC1C2CCCCN(C(=O)c3ccc(C#N)[nH]3)C21. The molecule has 1 aliphatic heterocycles. The predicted octanol–water partition coefficient (Wildman–Crippen LogP) is 2.82. The third-order valence-electron chi connectivity index (χ3n) is 5.78. The van der Waals surface area contributed by atoms with E-state index in [0.29, 0.717) is 23.9 Å². The zero-order valence-electron chi connectivity index (χ0n) is 15.6. The molecule has 0 spiro atoms. The van der Waals surface area contributed by atoms with E-state index in [1.165, 1.54) is 0 Å². The van der Waals surface area contributed by atoms with E-state index in [2.05, 4.69) is 24.1 Å². The largest absolute Gasteiger partial charge is 0.351 e. The van der Waals surface area contributed by atoms with Crippen LogP contribution >= 0.6 is 0 Å². The highest BCUT2D eigenvalue weighted by Gasteiger charge is 2.56. The van der Waals surface area contributed by atoms with Crippen LogP contribution in [0.2, 0.25) is 0 Å². The number of fused-ring (bicyclic) bond motifs is 1. The van der Waals surface area contributed by atoms with E-state index in [-0.39, 0.29) is 29.8 Å². The van der Waals surface area contributed by atoms with Gasteiger partial charge in [-0.15, -0.1) is 0 Å². The Hall–Kier alpha value is -2.29. The minimum absolute atomic E-state index is 0.0654. The molecule has 6 nitrogen and oxygen atoms in total. The topological polar surface area (TPSA) is 89.0 Å². The number of hydrogen-bond donors (Lipinski definition) is 2. The third kappa shape index (κ3) is 3.62. The van der Waals surface area contributed by atoms with Crippen LogP contribution in [0.3, 0.4) is 0 Å². The lowest BCUT2D eigenvalue weighted by Crippen LogP contribution is -2.40. The summed E-state index contributed by atoms with van der Waals surface area (Å²) in [6, 6.07) is 5.48. The summed E-state index contributed by atoms with van der Waals surface area (Å²) in [5, 5.41) is 12.2. The van der Waals surface area contributed by atoms with E-state index in [1.54, 1.807) is 12.1 Å². The highest BCUT2D eigenvalue weighted by atomic mass is 16.2. The second-order valence-electron chi connectivity index (χ2n) is 7.47. The monoisotopic (exact) mass is 356 g/mol. The smallest absolute Gasteiger partial charge is 0.270 e. The van der Waals surface area contributed by atoms with E-state index in [1.807, 2.05) is 11.0 Å². The van der Waals surface area contributed by atoms with Crippen LogP contribution in [0.25, 0.3) is 0 Å². The number of aromatic nitrogens is 1. The van der Waals surface area contributed by atoms with Crippen molar-refractivity contribution in [3.63, 3.8) is 0 Å². The van der Waals surface area contributed by atoms with E-state index in [0.717, 1.165) is 38.5 Å². The van der Waals surface area contributed by atoms with Gasteiger partial charge in [0, 0.05) is 18.4 Å². The van der Waals surface area contributed by atoms with Gasteiger partial charge >= 0.3 is 0 Å². The van der Waals surface area contributed by atoms with Crippen LogP contribution in [0, 0.1) is 23.2 Å². The molecule has 0 radical (unpaired) electrons. The van der Waals surface area contributed by atoms with Crippen LogP contribution in [0.15, 0.2) is 12.1 Å². The first-order chi connectivity index (χ1) is 12.6. The Labute approximate surface area is 154 Å². The number of carbonyl (C=O) groups excluding carboxylic acids is 2. The van der Waals surface area contributed by atoms with E-state index < -0.39 is 0 Å². The van der Waals surface area contributed by atoms with Gasteiger partial charge in [-0.3, -0.25) is 9.59 Å². The first-order valence-electron chi connectivity index (χ1n) is 9.81. The summed E-state index contributed by atoms with van der Waals surface area (Å²) >= 11 is 0. The van der Waals surface area contributed by atoms with Gasteiger partial charge in [-0.1, -0.05) is 26.7 Å². The average molecular weight is 356 g/mol. The lowest BCUT2D eigenvalue weighted by atomic mass is 10.00. The fourth-order valence-corrected chi connectivity index (χ4v) is 4.26. The van der Waals surface area contributed by atoms with Crippen LogP contribution in [-0.2, 0) is 4.79 Å². The number of hydrogen-bond acceptors (Lipinski definition) is 3. The Morgan fingerprint density at radius 3 is 2.85 bits per heavy atom. The third-order valence-corrected chi connectivity index (χ3v) is 5.78. The van der Waals surface area contributed by atoms with Crippen molar-refractivity contribution in [2.24, 2.45) is 11.8 Å². The molecule has 1 aromatic rings. The molecule has 6 heteroatoms. The van der Waals surface area contributed by atoms with Crippen LogP contribution in [0.1, 0.15) is 68.6 Å². The molecule has 3 rings (SSSR count). The quantitative estimate of drug-likeness (QED) is 0.821. The molecule has 1 saturated heterocycles. The van der Waals surface area contributed by atoms with E-state index in [9.17, 15) is 9.59 Å². The molecule has 4 unspecified atom stereocenters. The number of aromatic amines is 1. The van der Waals surface area contributed by atoms with E-state index in [4.69, 9.17) is 5.26 Å². The summed E-state index contributed by atoms with van der Waals surface area (Å²) in [5.41, 5.74) is 0.849. The van der Waals surface area contributed by atoms with Crippen LogP contribution in [0.5, 0.6) is 0 Å².